The van der Waals surface area contributed by atoms with Gasteiger partial charge in [-0.3, -0.25) is 4.79 Å². The van der Waals surface area contributed by atoms with E-state index in [1.165, 1.54) is 5.56 Å². The van der Waals surface area contributed by atoms with Crippen molar-refractivity contribution in [1.29, 1.82) is 0 Å². The Balaban J connectivity index is 2.66. The molecule has 0 aliphatic rings. The molecule has 2 unspecified atom stereocenters. The van der Waals surface area contributed by atoms with Crippen molar-refractivity contribution < 1.29 is 9.53 Å². The Morgan fingerprint density at radius 1 is 1.25 bits per heavy atom. The van der Waals surface area contributed by atoms with Crippen LogP contribution in [0.25, 0.3) is 0 Å². The van der Waals surface area contributed by atoms with Crippen LogP contribution in [-0.2, 0) is 9.53 Å². The monoisotopic (exact) mass is 276 g/mol. The smallest absolute Gasteiger partial charge is 0.311 e. The van der Waals surface area contributed by atoms with Crippen LogP contribution in [0.15, 0.2) is 30.3 Å². The van der Waals surface area contributed by atoms with Crippen LogP contribution >= 0.6 is 0 Å². The molecule has 1 rings (SSSR count). The van der Waals surface area contributed by atoms with E-state index in [2.05, 4.69) is 45.0 Å². The van der Waals surface area contributed by atoms with Gasteiger partial charge in [-0.05, 0) is 37.7 Å². The van der Waals surface area contributed by atoms with E-state index in [4.69, 9.17) is 4.74 Å². The number of esters is 1. The second-order valence-corrected chi connectivity index (χ2v) is 5.92. The largest absolute Gasteiger partial charge is 0.465 e. The molecular formula is C18H28O2. The lowest BCUT2D eigenvalue weighted by atomic mass is 9.77. The number of carbonyl (C=O) groups excluding carboxylic acids is 1. The molecule has 0 radical (unpaired) electrons. The lowest BCUT2D eigenvalue weighted by Crippen LogP contribution is -2.31. The van der Waals surface area contributed by atoms with Gasteiger partial charge in [0, 0.05) is 0 Å². The van der Waals surface area contributed by atoms with E-state index in [9.17, 15) is 4.79 Å². The number of benzene rings is 1. The molecule has 0 aliphatic heterocycles. The van der Waals surface area contributed by atoms with E-state index in [-0.39, 0.29) is 11.4 Å². The summed E-state index contributed by atoms with van der Waals surface area (Å²) in [6.45, 7) is 8.93. The van der Waals surface area contributed by atoms with Crippen LogP contribution in [0.2, 0.25) is 0 Å². The van der Waals surface area contributed by atoms with Crippen LogP contribution in [0.3, 0.4) is 0 Å². The van der Waals surface area contributed by atoms with Gasteiger partial charge in [-0.1, -0.05) is 57.5 Å². The van der Waals surface area contributed by atoms with Crippen molar-refractivity contribution in [2.24, 2.45) is 5.41 Å². The maximum absolute atomic E-state index is 12.3. The van der Waals surface area contributed by atoms with E-state index >= 15 is 0 Å². The van der Waals surface area contributed by atoms with Gasteiger partial charge >= 0.3 is 5.97 Å². The molecule has 0 saturated carbocycles. The summed E-state index contributed by atoms with van der Waals surface area (Å²) >= 11 is 0. The van der Waals surface area contributed by atoms with Crippen LogP contribution < -0.4 is 0 Å². The van der Waals surface area contributed by atoms with Crippen molar-refractivity contribution >= 4 is 5.97 Å². The number of ether oxygens (including phenoxy) is 1. The topological polar surface area (TPSA) is 26.3 Å². The molecule has 112 valence electrons. The summed E-state index contributed by atoms with van der Waals surface area (Å²) in [7, 11) is 0. The number of rotatable bonds is 8. The molecule has 0 bridgehead atoms. The van der Waals surface area contributed by atoms with Gasteiger partial charge in [0.15, 0.2) is 0 Å². The fourth-order valence-electron chi connectivity index (χ4n) is 2.43. The predicted molar refractivity (Wildman–Crippen MR) is 83.7 cm³/mol. The Hall–Kier alpha value is -1.31. The van der Waals surface area contributed by atoms with Crippen molar-refractivity contribution in [1.82, 2.24) is 0 Å². The molecule has 0 aliphatic carbocycles. The van der Waals surface area contributed by atoms with Crippen molar-refractivity contribution in [2.75, 3.05) is 6.61 Å². The minimum absolute atomic E-state index is 0.0452. The first kappa shape index (κ1) is 16.7. The molecule has 0 heterocycles. The summed E-state index contributed by atoms with van der Waals surface area (Å²) in [5.41, 5.74) is 0.900. The Kier molecular flexibility index (Phi) is 6.77. The van der Waals surface area contributed by atoms with Crippen molar-refractivity contribution in [3.05, 3.63) is 35.9 Å². The molecule has 0 spiro atoms. The molecule has 20 heavy (non-hydrogen) atoms. The standard InChI is InChI=1S/C18H28O2/c1-5-7-13-20-17(19)18(4,6-2)14-15(3)16-11-9-8-10-12-16/h8-12,15H,5-7,13-14H2,1-4H3. The maximum atomic E-state index is 12.3. The van der Waals surface area contributed by atoms with Crippen molar-refractivity contribution in [2.45, 2.75) is 59.3 Å². The van der Waals surface area contributed by atoms with Gasteiger partial charge in [0.1, 0.15) is 0 Å². The Morgan fingerprint density at radius 3 is 2.45 bits per heavy atom. The zero-order valence-electron chi connectivity index (χ0n) is 13.3. The highest BCUT2D eigenvalue weighted by atomic mass is 16.5. The molecule has 2 nitrogen and oxygen atoms in total. The van der Waals surface area contributed by atoms with Gasteiger partial charge in [-0.15, -0.1) is 0 Å². The summed E-state index contributed by atoms with van der Waals surface area (Å²) in [6, 6.07) is 10.4. The fourth-order valence-corrected chi connectivity index (χ4v) is 2.43. The van der Waals surface area contributed by atoms with Crippen LogP contribution in [-0.4, -0.2) is 12.6 Å². The second-order valence-electron chi connectivity index (χ2n) is 5.92. The molecule has 1 aromatic carbocycles. The number of carbonyl (C=O) groups is 1. The van der Waals surface area contributed by atoms with Crippen LogP contribution in [0.4, 0.5) is 0 Å². The van der Waals surface area contributed by atoms with Crippen molar-refractivity contribution in [3.8, 4) is 0 Å². The number of unbranched alkanes of at least 4 members (excludes halogenated alkanes) is 1. The summed E-state index contributed by atoms with van der Waals surface area (Å²) in [5, 5.41) is 0. The molecule has 0 N–H and O–H groups in total. The summed E-state index contributed by atoms with van der Waals surface area (Å²) in [4.78, 5) is 12.3. The highest BCUT2D eigenvalue weighted by Crippen LogP contribution is 2.35. The molecule has 0 saturated heterocycles. The normalized spacial score (nSPS) is 15.4. The van der Waals surface area contributed by atoms with Gasteiger partial charge in [0.2, 0.25) is 0 Å². The average Bonchev–Trinajstić information content (AvgIpc) is 2.48. The first-order chi connectivity index (χ1) is 9.53. The lowest BCUT2D eigenvalue weighted by molar-refractivity contribution is -0.156. The van der Waals surface area contributed by atoms with Gasteiger partial charge in [0.05, 0.1) is 12.0 Å². The SMILES string of the molecule is CCCCOC(=O)C(C)(CC)CC(C)c1ccccc1. The quantitative estimate of drug-likeness (QED) is 0.496. The summed E-state index contributed by atoms with van der Waals surface area (Å²) in [6.07, 6.45) is 3.64. The van der Waals surface area contributed by atoms with E-state index < -0.39 is 0 Å². The third-order valence-corrected chi connectivity index (χ3v) is 4.13. The highest BCUT2D eigenvalue weighted by Gasteiger charge is 2.34. The van der Waals surface area contributed by atoms with E-state index in [1.54, 1.807) is 0 Å². The highest BCUT2D eigenvalue weighted by molar-refractivity contribution is 5.76. The predicted octanol–water partition coefficient (Wildman–Crippen LogP) is 4.94. The summed E-state index contributed by atoms with van der Waals surface area (Å²) in [5.74, 6) is 0.316. The minimum atomic E-state index is -0.386. The zero-order valence-corrected chi connectivity index (χ0v) is 13.3. The van der Waals surface area contributed by atoms with E-state index in [1.807, 2.05) is 13.0 Å². The third-order valence-electron chi connectivity index (χ3n) is 4.13. The first-order valence-corrected chi connectivity index (χ1v) is 7.75. The van der Waals surface area contributed by atoms with Gasteiger partial charge in [0.25, 0.3) is 0 Å². The summed E-state index contributed by atoms with van der Waals surface area (Å²) < 4.78 is 5.44. The second kappa shape index (κ2) is 8.08. The fraction of sp³-hybridized carbons (Fsp3) is 0.611. The minimum Gasteiger partial charge on any atom is -0.465 e. The third kappa shape index (κ3) is 4.66. The maximum Gasteiger partial charge on any atom is 0.311 e. The van der Waals surface area contributed by atoms with Gasteiger partial charge < -0.3 is 4.74 Å². The van der Waals surface area contributed by atoms with Crippen LogP contribution in [0.1, 0.15) is 64.9 Å². The molecule has 0 fully saturated rings. The number of hydrogen-bond donors (Lipinski definition) is 0. The van der Waals surface area contributed by atoms with Gasteiger partial charge in [-0.25, -0.2) is 0 Å². The Labute approximate surface area is 123 Å². The molecule has 1 aromatic rings. The molecule has 2 heteroatoms. The average molecular weight is 276 g/mol. The Morgan fingerprint density at radius 2 is 1.90 bits per heavy atom. The van der Waals surface area contributed by atoms with E-state index in [0.717, 1.165) is 25.7 Å². The van der Waals surface area contributed by atoms with Gasteiger partial charge in [-0.2, -0.15) is 0 Å². The van der Waals surface area contributed by atoms with Crippen LogP contribution in [0, 0.1) is 5.41 Å². The molecule has 0 aromatic heterocycles. The van der Waals surface area contributed by atoms with Crippen LogP contribution in [0.5, 0.6) is 0 Å². The zero-order chi connectivity index (χ0) is 15.0. The lowest BCUT2D eigenvalue weighted by Gasteiger charge is -2.29. The van der Waals surface area contributed by atoms with Crippen molar-refractivity contribution in [3.63, 3.8) is 0 Å². The van der Waals surface area contributed by atoms with E-state index in [0.29, 0.717) is 12.5 Å². The molecule has 0 amide bonds. The molecule has 2 atom stereocenters. The first-order valence-electron chi connectivity index (χ1n) is 7.75. The molecular weight excluding hydrogens is 248 g/mol. The number of hydrogen-bond acceptors (Lipinski definition) is 2. The Bertz CT molecular complexity index is 399.